The second kappa shape index (κ2) is 6.78. The summed E-state index contributed by atoms with van der Waals surface area (Å²) >= 11 is 0. The Morgan fingerprint density at radius 3 is 3.00 bits per heavy atom. The minimum Gasteiger partial charge on any atom is -0.493 e. The molecule has 0 bridgehead atoms. The molecule has 2 heterocycles. The second-order valence-corrected chi connectivity index (χ2v) is 6.62. The molecule has 0 aromatic heterocycles. The minimum absolute atomic E-state index is 0.287. The van der Waals surface area contributed by atoms with Crippen molar-refractivity contribution in [2.45, 2.75) is 51.5 Å². The lowest BCUT2D eigenvalue weighted by Crippen LogP contribution is -2.23. The van der Waals surface area contributed by atoms with Crippen molar-refractivity contribution in [1.29, 1.82) is 0 Å². The predicted octanol–water partition coefficient (Wildman–Crippen LogP) is 3.70. The van der Waals surface area contributed by atoms with Crippen molar-refractivity contribution in [3.8, 4) is 17.2 Å². The fourth-order valence-electron chi connectivity index (χ4n) is 3.73. The van der Waals surface area contributed by atoms with Gasteiger partial charge in [-0.3, -0.25) is 0 Å². The number of methoxy groups -OCH3 is 1. The maximum atomic E-state index is 5.54. The van der Waals surface area contributed by atoms with Crippen LogP contribution in [0.2, 0.25) is 0 Å². The molecular formula is C18H27NO3. The normalized spacial score (nSPS) is 24.5. The number of rotatable bonds is 6. The summed E-state index contributed by atoms with van der Waals surface area (Å²) in [5.41, 5.74) is 1.29. The van der Waals surface area contributed by atoms with Crippen molar-refractivity contribution in [2.24, 2.45) is 5.92 Å². The molecule has 1 aromatic carbocycles. The lowest BCUT2D eigenvalue weighted by molar-refractivity contribution is 0.171. The maximum absolute atomic E-state index is 5.54. The number of hydrogen-bond donors (Lipinski definition) is 1. The SMILES string of the molecule is CCCC(C)C[C@H]1CC(c2cc(OC)c3c(c2)OCO3)CN1. The van der Waals surface area contributed by atoms with E-state index in [1.165, 1.54) is 31.2 Å². The topological polar surface area (TPSA) is 39.7 Å². The quantitative estimate of drug-likeness (QED) is 0.870. The van der Waals surface area contributed by atoms with E-state index in [4.69, 9.17) is 14.2 Å². The zero-order valence-electron chi connectivity index (χ0n) is 13.9. The third-order valence-corrected chi connectivity index (χ3v) is 4.84. The fraction of sp³-hybridized carbons (Fsp3) is 0.667. The van der Waals surface area contributed by atoms with Crippen molar-refractivity contribution >= 4 is 0 Å². The van der Waals surface area contributed by atoms with Crippen LogP contribution < -0.4 is 19.5 Å². The molecule has 1 aromatic rings. The Labute approximate surface area is 133 Å². The Morgan fingerprint density at radius 2 is 2.23 bits per heavy atom. The minimum atomic E-state index is 0.287. The molecule has 3 atom stereocenters. The van der Waals surface area contributed by atoms with Crippen molar-refractivity contribution in [2.75, 3.05) is 20.4 Å². The van der Waals surface area contributed by atoms with Crippen molar-refractivity contribution in [3.63, 3.8) is 0 Å². The molecule has 22 heavy (non-hydrogen) atoms. The molecule has 1 fully saturated rings. The van der Waals surface area contributed by atoms with Crippen molar-refractivity contribution < 1.29 is 14.2 Å². The average Bonchev–Trinajstić information content (AvgIpc) is 3.15. The van der Waals surface area contributed by atoms with E-state index in [0.717, 1.165) is 29.7 Å². The highest BCUT2D eigenvalue weighted by Crippen LogP contribution is 2.44. The summed E-state index contributed by atoms with van der Waals surface area (Å²) in [7, 11) is 1.68. The maximum Gasteiger partial charge on any atom is 0.231 e. The van der Waals surface area contributed by atoms with Crippen LogP contribution >= 0.6 is 0 Å². The number of ether oxygens (including phenoxy) is 3. The Hall–Kier alpha value is -1.42. The highest BCUT2D eigenvalue weighted by molar-refractivity contribution is 5.55. The molecule has 2 aliphatic heterocycles. The summed E-state index contributed by atoms with van der Waals surface area (Å²) < 4.78 is 16.5. The summed E-state index contributed by atoms with van der Waals surface area (Å²) in [5, 5.41) is 3.69. The van der Waals surface area contributed by atoms with Gasteiger partial charge in [0, 0.05) is 12.6 Å². The summed E-state index contributed by atoms with van der Waals surface area (Å²) in [4.78, 5) is 0. The highest BCUT2D eigenvalue weighted by Gasteiger charge is 2.29. The van der Waals surface area contributed by atoms with Crippen LogP contribution in [0.4, 0.5) is 0 Å². The highest BCUT2D eigenvalue weighted by atomic mass is 16.7. The van der Waals surface area contributed by atoms with Crippen LogP contribution in [0.1, 0.15) is 51.0 Å². The van der Waals surface area contributed by atoms with Crippen LogP contribution in [-0.2, 0) is 0 Å². The van der Waals surface area contributed by atoms with Crippen LogP contribution in [0.25, 0.3) is 0 Å². The van der Waals surface area contributed by atoms with Gasteiger partial charge in [-0.05, 0) is 42.4 Å². The Bertz CT molecular complexity index is 517. The average molecular weight is 305 g/mol. The monoisotopic (exact) mass is 305 g/mol. The van der Waals surface area contributed by atoms with Gasteiger partial charge in [0.25, 0.3) is 0 Å². The van der Waals surface area contributed by atoms with Gasteiger partial charge in [-0.15, -0.1) is 0 Å². The molecule has 4 nitrogen and oxygen atoms in total. The zero-order valence-corrected chi connectivity index (χ0v) is 13.9. The van der Waals surface area contributed by atoms with E-state index < -0.39 is 0 Å². The number of hydrogen-bond acceptors (Lipinski definition) is 4. The van der Waals surface area contributed by atoms with E-state index in [1.54, 1.807) is 7.11 Å². The van der Waals surface area contributed by atoms with Gasteiger partial charge >= 0.3 is 0 Å². The summed E-state index contributed by atoms with van der Waals surface area (Å²) in [5.74, 6) is 3.67. The molecule has 4 heteroatoms. The Morgan fingerprint density at radius 1 is 1.36 bits per heavy atom. The molecule has 0 spiro atoms. The molecule has 1 saturated heterocycles. The van der Waals surface area contributed by atoms with Crippen LogP contribution in [0, 0.1) is 5.92 Å². The molecular weight excluding hydrogens is 278 g/mol. The van der Waals surface area contributed by atoms with Crippen LogP contribution in [0.5, 0.6) is 17.2 Å². The Balaban J connectivity index is 1.68. The lowest BCUT2D eigenvalue weighted by Gasteiger charge is -2.16. The molecule has 122 valence electrons. The summed E-state index contributed by atoms with van der Waals surface area (Å²) in [6.45, 7) is 5.95. The largest absolute Gasteiger partial charge is 0.493 e. The van der Waals surface area contributed by atoms with Crippen molar-refractivity contribution in [1.82, 2.24) is 5.32 Å². The van der Waals surface area contributed by atoms with Gasteiger partial charge in [-0.1, -0.05) is 26.7 Å². The van der Waals surface area contributed by atoms with E-state index in [2.05, 4.69) is 31.3 Å². The third kappa shape index (κ3) is 3.17. The van der Waals surface area contributed by atoms with Gasteiger partial charge in [0.15, 0.2) is 11.5 Å². The van der Waals surface area contributed by atoms with E-state index in [9.17, 15) is 0 Å². The van der Waals surface area contributed by atoms with Gasteiger partial charge in [-0.25, -0.2) is 0 Å². The van der Waals surface area contributed by atoms with Crippen LogP contribution in [0.15, 0.2) is 12.1 Å². The number of benzene rings is 1. The van der Waals surface area contributed by atoms with Gasteiger partial charge in [0.05, 0.1) is 7.11 Å². The Kier molecular flexibility index (Phi) is 4.77. The van der Waals surface area contributed by atoms with E-state index in [0.29, 0.717) is 12.0 Å². The first-order valence-electron chi connectivity index (χ1n) is 8.42. The van der Waals surface area contributed by atoms with Gasteiger partial charge < -0.3 is 19.5 Å². The van der Waals surface area contributed by atoms with Gasteiger partial charge in [0.2, 0.25) is 12.5 Å². The number of fused-ring (bicyclic) bond motifs is 1. The first-order valence-corrected chi connectivity index (χ1v) is 8.42. The van der Waals surface area contributed by atoms with E-state index >= 15 is 0 Å². The van der Waals surface area contributed by atoms with Crippen LogP contribution in [-0.4, -0.2) is 26.5 Å². The summed E-state index contributed by atoms with van der Waals surface area (Å²) in [6, 6.07) is 4.86. The molecule has 1 N–H and O–H groups in total. The van der Waals surface area contributed by atoms with Crippen molar-refractivity contribution in [3.05, 3.63) is 17.7 Å². The van der Waals surface area contributed by atoms with E-state index in [-0.39, 0.29) is 6.79 Å². The summed E-state index contributed by atoms with van der Waals surface area (Å²) in [6.07, 6.45) is 5.06. The van der Waals surface area contributed by atoms with E-state index in [1.807, 2.05) is 0 Å². The van der Waals surface area contributed by atoms with Crippen LogP contribution in [0.3, 0.4) is 0 Å². The zero-order chi connectivity index (χ0) is 15.5. The first kappa shape index (κ1) is 15.5. The second-order valence-electron chi connectivity index (χ2n) is 6.62. The van der Waals surface area contributed by atoms with Gasteiger partial charge in [-0.2, -0.15) is 0 Å². The molecule has 0 amide bonds. The number of nitrogens with one attached hydrogen (secondary N) is 1. The fourth-order valence-corrected chi connectivity index (χ4v) is 3.73. The smallest absolute Gasteiger partial charge is 0.231 e. The molecule has 2 aliphatic rings. The third-order valence-electron chi connectivity index (χ3n) is 4.84. The molecule has 0 aliphatic carbocycles. The standard InChI is InChI=1S/C18H27NO3/c1-4-5-12(2)6-15-7-14(10-19-15)13-8-16(20-3)18-17(9-13)21-11-22-18/h8-9,12,14-15,19H,4-7,10-11H2,1-3H3/t12?,14?,15-/m0/s1. The molecule has 3 rings (SSSR count). The predicted molar refractivity (Wildman–Crippen MR) is 87.0 cm³/mol. The first-order chi connectivity index (χ1) is 10.7. The molecule has 0 radical (unpaired) electrons. The lowest BCUT2D eigenvalue weighted by atomic mass is 9.91. The molecule has 0 saturated carbocycles. The van der Waals surface area contributed by atoms with Gasteiger partial charge in [0.1, 0.15) is 0 Å². The molecule has 2 unspecified atom stereocenters.